The molecule has 7 fully saturated rings. The minimum atomic E-state index is 0.329. The lowest BCUT2D eigenvalue weighted by Crippen LogP contribution is -2.63. The molecule has 2 aliphatic carbocycles. The van der Waals surface area contributed by atoms with Crippen LogP contribution >= 0.6 is 0 Å². The van der Waals surface area contributed by atoms with Crippen LogP contribution in [0, 0.1) is 17.3 Å². The van der Waals surface area contributed by atoms with Gasteiger partial charge in [0.05, 0.1) is 24.4 Å². The molecule has 2 saturated carbocycles. The highest BCUT2D eigenvalue weighted by molar-refractivity contribution is 5.04. The highest BCUT2D eigenvalue weighted by Crippen LogP contribution is 2.43. The standard InChI is InChI=1S/C22H41N3O.C21H41N3O/c1-21(2,3)25-16-22(17-25)10-13-24(15-22)14-18-4-6-19(7-5-18)26-20-8-11-23-12-9-20;1-5-23-14-15-24(21(2,3)17-23)16-18-6-8-19(9-7-18)25-20-10-12-22(4)13-11-20/h18-20,23H,4-17H2,1-3H3;18-20H,5-17H2,1-4H3. The molecule has 296 valence electrons. The number of nitrogens with one attached hydrogen (secondary N) is 1. The minimum Gasteiger partial charge on any atom is -0.375 e. The number of likely N-dealkylation sites (tertiary alicyclic amines) is 3. The molecule has 5 saturated heterocycles. The van der Waals surface area contributed by atoms with E-state index >= 15 is 0 Å². The molecule has 0 radical (unpaired) electrons. The van der Waals surface area contributed by atoms with Crippen LogP contribution < -0.4 is 5.32 Å². The molecule has 5 heterocycles. The molecule has 0 aromatic rings. The van der Waals surface area contributed by atoms with Crippen LogP contribution in [0.2, 0.25) is 0 Å². The first-order chi connectivity index (χ1) is 24.4. The average Bonchev–Trinajstić information content (AvgIpc) is 3.52. The third-order valence-corrected chi connectivity index (χ3v) is 14.4. The lowest BCUT2D eigenvalue weighted by Gasteiger charge is -2.54. The molecule has 1 N–H and O–H groups in total. The quantitative estimate of drug-likeness (QED) is 0.304. The second kappa shape index (κ2) is 18.1. The molecule has 5 aliphatic heterocycles. The molecule has 8 nitrogen and oxygen atoms in total. The molecule has 1 spiro atoms. The van der Waals surface area contributed by atoms with Gasteiger partial charge in [-0.05, 0) is 163 Å². The van der Waals surface area contributed by atoms with Crippen LogP contribution in [-0.4, -0.2) is 159 Å². The molecule has 8 heteroatoms. The van der Waals surface area contributed by atoms with Gasteiger partial charge in [0.15, 0.2) is 0 Å². The fourth-order valence-corrected chi connectivity index (χ4v) is 10.8. The van der Waals surface area contributed by atoms with E-state index in [4.69, 9.17) is 9.47 Å². The third-order valence-electron chi connectivity index (χ3n) is 14.4. The van der Waals surface area contributed by atoms with E-state index in [-0.39, 0.29) is 0 Å². The Hall–Kier alpha value is -0.320. The number of ether oxygens (including phenoxy) is 2. The summed E-state index contributed by atoms with van der Waals surface area (Å²) in [5, 5.41) is 3.44. The summed E-state index contributed by atoms with van der Waals surface area (Å²) in [6, 6.07) is 0. The minimum absolute atomic E-state index is 0.329. The highest BCUT2D eigenvalue weighted by Gasteiger charge is 2.50. The number of piperidine rings is 2. The maximum absolute atomic E-state index is 6.44. The van der Waals surface area contributed by atoms with Crippen LogP contribution in [0.3, 0.4) is 0 Å². The fraction of sp³-hybridized carbons (Fsp3) is 1.00. The first kappa shape index (κ1) is 40.3. The summed E-state index contributed by atoms with van der Waals surface area (Å²) >= 11 is 0. The maximum Gasteiger partial charge on any atom is 0.0603 e. The summed E-state index contributed by atoms with van der Waals surface area (Å²) in [6.07, 6.45) is 19.1. The van der Waals surface area contributed by atoms with Gasteiger partial charge in [0.1, 0.15) is 0 Å². The second-order valence-electron chi connectivity index (χ2n) is 20.1. The Kier molecular flexibility index (Phi) is 14.3. The molecule has 0 amide bonds. The number of hydrogen-bond donors (Lipinski definition) is 1. The predicted octanol–water partition coefficient (Wildman–Crippen LogP) is 6.19. The third kappa shape index (κ3) is 11.6. The fourth-order valence-electron chi connectivity index (χ4n) is 10.8. The van der Waals surface area contributed by atoms with Gasteiger partial charge in [0.2, 0.25) is 0 Å². The summed E-state index contributed by atoms with van der Waals surface area (Å²) in [5.74, 6) is 1.79. The van der Waals surface area contributed by atoms with Gasteiger partial charge in [-0.2, -0.15) is 0 Å². The van der Waals surface area contributed by atoms with Crippen molar-refractivity contribution in [3.8, 4) is 0 Å². The molecule has 0 aromatic carbocycles. The molecule has 7 aliphatic rings. The van der Waals surface area contributed by atoms with Crippen molar-refractivity contribution < 1.29 is 9.47 Å². The van der Waals surface area contributed by atoms with Gasteiger partial charge < -0.3 is 29.5 Å². The monoisotopic (exact) mass is 715 g/mol. The maximum atomic E-state index is 6.44. The van der Waals surface area contributed by atoms with Crippen LogP contribution in [0.25, 0.3) is 0 Å². The van der Waals surface area contributed by atoms with Crippen LogP contribution in [0.1, 0.15) is 125 Å². The first-order valence-corrected chi connectivity index (χ1v) is 22.0. The average molecular weight is 715 g/mol. The summed E-state index contributed by atoms with van der Waals surface area (Å²) in [4.78, 5) is 13.3. The van der Waals surface area contributed by atoms with E-state index in [1.165, 1.54) is 162 Å². The second-order valence-corrected chi connectivity index (χ2v) is 20.1. The van der Waals surface area contributed by atoms with Gasteiger partial charge in [0, 0.05) is 81.9 Å². The van der Waals surface area contributed by atoms with Crippen LogP contribution in [0.15, 0.2) is 0 Å². The number of hydrogen-bond acceptors (Lipinski definition) is 8. The number of piperazine rings is 1. The van der Waals surface area contributed by atoms with Gasteiger partial charge in [-0.1, -0.05) is 6.92 Å². The van der Waals surface area contributed by atoms with Crippen molar-refractivity contribution in [3.05, 3.63) is 0 Å². The van der Waals surface area contributed by atoms with Crippen molar-refractivity contribution in [2.24, 2.45) is 17.3 Å². The zero-order valence-corrected chi connectivity index (χ0v) is 34.6. The zero-order chi connectivity index (χ0) is 36.1. The molecule has 51 heavy (non-hydrogen) atoms. The normalized spacial score (nSPS) is 33.9. The topological polar surface area (TPSA) is 46.7 Å². The molecule has 0 bridgehead atoms. The van der Waals surface area contributed by atoms with E-state index in [9.17, 15) is 0 Å². The van der Waals surface area contributed by atoms with E-state index in [1.807, 2.05) is 0 Å². The lowest BCUT2D eigenvalue weighted by molar-refractivity contribution is -0.0635. The number of nitrogens with zero attached hydrogens (tertiary/aromatic N) is 5. The Morgan fingerprint density at radius 1 is 0.608 bits per heavy atom. The smallest absolute Gasteiger partial charge is 0.0603 e. The van der Waals surface area contributed by atoms with Crippen LogP contribution in [-0.2, 0) is 9.47 Å². The first-order valence-electron chi connectivity index (χ1n) is 22.0. The molecule has 0 atom stereocenters. The van der Waals surface area contributed by atoms with Crippen molar-refractivity contribution in [2.45, 2.75) is 161 Å². The largest absolute Gasteiger partial charge is 0.375 e. The van der Waals surface area contributed by atoms with E-state index in [0.717, 1.165) is 24.9 Å². The number of likely N-dealkylation sites (N-methyl/N-ethyl adjacent to an activating group) is 1. The predicted molar refractivity (Wildman–Crippen MR) is 213 cm³/mol. The van der Waals surface area contributed by atoms with Crippen molar-refractivity contribution in [1.82, 2.24) is 29.8 Å². The molecular weight excluding hydrogens is 633 g/mol. The van der Waals surface area contributed by atoms with Gasteiger partial charge in [-0.25, -0.2) is 0 Å². The Morgan fingerprint density at radius 3 is 1.71 bits per heavy atom. The number of rotatable bonds is 9. The summed E-state index contributed by atoms with van der Waals surface area (Å²) in [5.41, 5.74) is 1.31. The van der Waals surface area contributed by atoms with Crippen molar-refractivity contribution in [2.75, 3.05) is 98.7 Å². The Balaban J connectivity index is 0.000000176. The Bertz CT molecular complexity index is 1010. The highest BCUT2D eigenvalue weighted by atomic mass is 16.5. The summed E-state index contributed by atoms with van der Waals surface area (Å²) < 4.78 is 12.8. The molecule has 7 rings (SSSR count). The summed E-state index contributed by atoms with van der Waals surface area (Å²) in [6.45, 7) is 31.8. The Labute approximate surface area is 315 Å². The van der Waals surface area contributed by atoms with Crippen molar-refractivity contribution in [3.63, 3.8) is 0 Å². The molecule has 0 unspecified atom stereocenters. The van der Waals surface area contributed by atoms with Gasteiger partial charge in [-0.15, -0.1) is 0 Å². The molecule has 0 aromatic heterocycles. The SMILES string of the molecule is CC(C)(C)N1CC2(CCN(CC3CCC(OC4CCNCC4)CC3)C2)C1.CCN1CCN(CC2CCC(OC3CCN(C)CC3)CC2)C(C)(C)C1. The van der Waals surface area contributed by atoms with E-state index < -0.39 is 0 Å². The van der Waals surface area contributed by atoms with Crippen molar-refractivity contribution >= 4 is 0 Å². The van der Waals surface area contributed by atoms with Crippen LogP contribution in [0.4, 0.5) is 0 Å². The summed E-state index contributed by atoms with van der Waals surface area (Å²) in [7, 11) is 2.23. The Morgan fingerprint density at radius 2 is 1.16 bits per heavy atom. The van der Waals surface area contributed by atoms with E-state index in [1.54, 1.807) is 0 Å². The van der Waals surface area contributed by atoms with E-state index in [2.05, 4.69) is 78.4 Å². The van der Waals surface area contributed by atoms with E-state index in [0.29, 0.717) is 40.9 Å². The molecular formula is C43H82N6O2. The van der Waals surface area contributed by atoms with Crippen molar-refractivity contribution in [1.29, 1.82) is 0 Å². The van der Waals surface area contributed by atoms with Gasteiger partial charge >= 0.3 is 0 Å². The van der Waals surface area contributed by atoms with Gasteiger partial charge in [0.25, 0.3) is 0 Å². The van der Waals surface area contributed by atoms with Gasteiger partial charge in [-0.3, -0.25) is 9.80 Å². The lowest BCUT2D eigenvalue weighted by atomic mass is 9.76. The van der Waals surface area contributed by atoms with Crippen LogP contribution in [0.5, 0.6) is 0 Å². The zero-order valence-electron chi connectivity index (χ0n) is 34.6.